The van der Waals surface area contributed by atoms with Gasteiger partial charge in [-0.15, -0.1) is 0 Å². The molecule has 6 aliphatic heterocycles. The number of carbonyl (C=O) groups excluding carboxylic acids is 2. The Hall–Kier alpha value is -2.66. The van der Waals surface area contributed by atoms with Crippen LogP contribution >= 0.6 is 0 Å². The van der Waals surface area contributed by atoms with Crippen molar-refractivity contribution in [3.05, 3.63) is 20.2 Å². The zero-order valence-electron chi connectivity index (χ0n) is 37.0. The quantitative estimate of drug-likeness (QED) is 0.118. The summed E-state index contributed by atoms with van der Waals surface area (Å²) < 4.78 is 70.1. The van der Waals surface area contributed by atoms with E-state index < -0.39 is 108 Å². The summed E-state index contributed by atoms with van der Waals surface area (Å²) in [4.78, 5) is 46.7. The maximum atomic E-state index is 12.7. The number of esters is 2. The average molecular weight is 863 g/mol. The Labute approximate surface area is 351 Å². The van der Waals surface area contributed by atoms with Crippen molar-refractivity contribution >= 4 is 11.9 Å². The molecule has 0 saturated carbocycles. The third kappa shape index (κ3) is 13.2. The van der Waals surface area contributed by atoms with Crippen molar-refractivity contribution in [1.82, 2.24) is 0 Å². The summed E-state index contributed by atoms with van der Waals surface area (Å²) >= 11 is 0. The molecule has 6 saturated heterocycles. The molecule has 0 aromatic heterocycles. The zero-order chi connectivity index (χ0) is 44.5. The van der Waals surface area contributed by atoms with Crippen molar-refractivity contribution in [2.75, 3.05) is 26.3 Å². The van der Waals surface area contributed by atoms with Crippen LogP contribution in [0, 0.1) is 43.9 Å². The highest BCUT2D eigenvalue weighted by Crippen LogP contribution is 2.44. The Morgan fingerprint density at radius 2 is 0.917 bits per heavy atom. The fourth-order valence-corrected chi connectivity index (χ4v) is 8.70. The third-order valence-corrected chi connectivity index (χ3v) is 10.7. The number of hydrogen-bond acceptors (Lipinski definition) is 18. The first kappa shape index (κ1) is 48.4. The molecule has 12 atom stereocenters. The molecule has 0 aromatic rings. The lowest BCUT2D eigenvalue weighted by Gasteiger charge is -2.29. The second-order valence-electron chi connectivity index (χ2n) is 19.2. The molecule has 0 radical (unpaired) electrons. The van der Waals surface area contributed by atoms with E-state index in [9.17, 15) is 29.8 Å². The van der Waals surface area contributed by atoms with Gasteiger partial charge in [-0.2, -0.15) is 0 Å². The third-order valence-electron chi connectivity index (χ3n) is 10.7. The summed E-state index contributed by atoms with van der Waals surface area (Å²) in [6.07, 6.45) is -5.25. The summed E-state index contributed by atoms with van der Waals surface area (Å²) in [6.45, 7) is 22.1. The van der Waals surface area contributed by atoms with Gasteiger partial charge in [-0.3, -0.25) is 29.8 Å². The van der Waals surface area contributed by atoms with Gasteiger partial charge in [0.15, 0.2) is 60.1 Å². The first-order valence-electron chi connectivity index (χ1n) is 21.0. The highest BCUT2D eigenvalue weighted by Gasteiger charge is 2.61. The maximum Gasteiger partial charge on any atom is 0.306 e. The van der Waals surface area contributed by atoms with Gasteiger partial charge in [0.1, 0.15) is 24.4 Å². The molecule has 6 rings (SSSR count). The molecule has 60 heavy (non-hydrogen) atoms. The predicted molar refractivity (Wildman–Crippen MR) is 206 cm³/mol. The van der Waals surface area contributed by atoms with Gasteiger partial charge >= 0.3 is 11.9 Å². The van der Waals surface area contributed by atoms with Crippen LogP contribution in [0.25, 0.3) is 0 Å². The van der Waals surface area contributed by atoms with Crippen LogP contribution in [0.2, 0.25) is 0 Å². The molecule has 20 nitrogen and oxygen atoms in total. The van der Waals surface area contributed by atoms with Crippen LogP contribution < -0.4 is 0 Å². The molecule has 0 aliphatic carbocycles. The van der Waals surface area contributed by atoms with E-state index in [4.69, 9.17) is 56.8 Å². The Balaban J connectivity index is 0.000000228. The Morgan fingerprint density at radius 3 is 1.20 bits per heavy atom. The molecule has 0 N–H and O–H groups in total. The molecule has 0 amide bonds. The second-order valence-corrected chi connectivity index (χ2v) is 19.2. The normalized spacial score (nSPS) is 35.4. The molecule has 0 bridgehead atoms. The molecule has 0 unspecified atom stereocenters. The predicted octanol–water partition coefficient (Wildman–Crippen LogP) is 4.51. The largest absolute Gasteiger partial charge is 0.456 e. The minimum absolute atomic E-state index is 0.0441. The zero-order valence-corrected chi connectivity index (χ0v) is 37.0. The lowest BCUT2D eigenvalue weighted by Crippen LogP contribution is -2.45. The standard InChI is InChI=1S/2C20H33NO9/c2*1-11(2)7-12(9-21(23)24)8-14(22)26-16-15(13-10-25-19(3,4)28-13)27-18-17(16)29-20(5,6)30-18/h2*11-13,15-18H,7-10H2,1-6H3/t12-,13+,15+,16+,17+,18+;12-,13-,15-,16-,17-,18-/m01/s1. The first-order chi connectivity index (χ1) is 27.7. The molecule has 0 aromatic carbocycles. The summed E-state index contributed by atoms with van der Waals surface area (Å²) in [5.74, 6) is -4.66. The number of rotatable bonds is 16. The van der Waals surface area contributed by atoms with E-state index in [1.54, 1.807) is 55.4 Å². The van der Waals surface area contributed by atoms with E-state index in [2.05, 4.69) is 0 Å². The lowest BCUT2D eigenvalue weighted by atomic mass is 9.94. The number of ether oxygens (including phenoxy) is 12. The molecular formula is C40H66N2O18. The Kier molecular flexibility index (Phi) is 15.3. The fraction of sp³-hybridized carbons (Fsp3) is 0.950. The second kappa shape index (κ2) is 19.0. The van der Waals surface area contributed by atoms with Crippen molar-refractivity contribution in [3.63, 3.8) is 0 Å². The molecule has 20 heteroatoms. The van der Waals surface area contributed by atoms with Gasteiger partial charge in [-0.05, 0) is 80.1 Å². The Morgan fingerprint density at radius 1 is 0.567 bits per heavy atom. The van der Waals surface area contributed by atoms with E-state index in [0.29, 0.717) is 12.8 Å². The molecule has 6 heterocycles. The van der Waals surface area contributed by atoms with E-state index in [1.807, 2.05) is 27.7 Å². The van der Waals surface area contributed by atoms with Crippen LogP contribution in [0.15, 0.2) is 0 Å². The fourth-order valence-electron chi connectivity index (χ4n) is 8.70. The summed E-state index contributed by atoms with van der Waals surface area (Å²) in [5.41, 5.74) is 0. The molecule has 344 valence electrons. The monoisotopic (exact) mass is 862 g/mol. The minimum Gasteiger partial charge on any atom is -0.456 e. The molecular weight excluding hydrogens is 796 g/mol. The average Bonchev–Trinajstić information content (AvgIpc) is 3.89. The highest BCUT2D eigenvalue weighted by molar-refractivity contribution is 5.70. The summed E-state index contributed by atoms with van der Waals surface area (Å²) in [7, 11) is 0. The van der Waals surface area contributed by atoms with Crippen LogP contribution in [0.1, 0.15) is 109 Å². The summed E-state index contributed by atoms with van der Waals surface area (Å²) in [5, 5.41) is 22.0. The van der Waals surface area contributed by atoms with Gasteiger partial charge < -0.3 is 56.8 Å². The van der Waals surface area contributed by atoms with Crippen LogP contribution in [0.4, 0.5) is 0 Å². The molecule has 6 aliphatic rings. The van der Waals surface area contributed by atoms with Crippen LogP contribution in [0.3, 0.4) is 0 Å². The van der Waals surface area contributed by atoms with Crippen molar-refractivity contribution in [1.29, 1.82) is 0 Å². The van der Waals surface area contributed by atoms with Gasteiger partial charge in [0.2, 0.25) is 13.1 Å². The van der Waals surface area contributed by atoms with E-state index in [-0.39, 0.29) is 60.8 Å². The maximum absolute atomic E-state index is 12.7. The van der Waals surface area contributed by atoms with Crippen molar-refractivity contribution in [2.24, 2.45) is 23.7 Å². The van der Waals surface area contributed by atoms with E-state index >= 15 is 0 Å². The smallest absolute Gasteiger partial charge is 0.306 e. The van der Waals surface area contributed by atoms with Crippen molar-refractivity contribution < 1.29 is 76.3 Å². The lowest BCUT2D eigenvalue weighted by molar-refractivity contribution is -0.488. The van der Waals surface area contributed by atoms with Gasteiger partial charge in [-0.25, -0.2) is 0 Å². The van der Waals surface area contributed by atoms with Crippen LogP contribution in [-0.2, 0) is 66.4 Å². The number of hydrogen-bond donors (Lipinski definition) is 0. The minimum atomic E-state index is -0.872. The van der Waals surface area contributed by atoms with E-state index in [0.717, 1.165) is 0 Å². The van der Waals surface area contributed by atoms with Gasteiger partial charge in [0.25, 0.3) is 0 Å². The topological polar surface area (TPSA) is 231 Å². The Bertz CT molecular complexity index is 1410. The van der Waals surface area contributed by atoms with Crippen molar-refractivity contribution in [2.45, 2.75) is 193 Å². The van der Waals surface area contributed by atoms with Gasteiger partial charge in [-0.1, -0.05) is 27.7 Å². The van der Waals surface area contributed by atoms with Gasteiger partial charge in [0, 0.05) is 21.7 Å². The van der Waals surface area contributed by atoms with Crippen LogP contribution in [0.5, 0.6) is 0 Å². The van der Waals surface area contributed by atoms with E-state index in [1.165, 1.54) is 0 Å². The molecule has 6 fully saturated rings. The first-order valence-corrected chi connectivity index (χ1v) is 21.0. The van der Waals surface area contributed by atoms with Crippen LogP contribution in [-0.4, -0.2) is 133 Å². The number of nitrogens with zero attached hydrogens (tertiary/aromatic N) is 2. The SMILES string of the molecule is CC(C)C[C@@H](CC(=O)O[C@H]1[C@H]2OC(C)(C)O[C@H]2O[C@@H]1[C@H]1COC(C)(C)O1)C[N+](=O)[O-].CC(C)C[C@H](CC(=O)O[C@H]1[C@H]2OC(C)(C)O[C@H]2O[C@@H]1[C@H]1COC(C)(C)O1)C[N+](=O)[O-]. The summed E-state index contributed by atoms with van der Waals surface area (Å²) in [6, 6.07) is 0. The number of fused-ring (bicyclic) bond motifs is 2. The number of carbonyl (C=O) groups is 2. The van der Waals surface area contributed by atoms with Crippen molar-refractivity contribution in [3.8, 4) is 0 Å². The molecule has 0 spiro atoms. The highest BCUT2D eigenvalue weighted by atomic mass is 16.9. The number of nitro groups is 2. The van der Waals surface area contributed by atoms with Gasteiger partial charge in [0.05, 0.1) is 26.1 Å².